The highest BCUT2D eigenvalue weighted by Crippen LogP contribution is 2.30. The summed E-state index contributed by atoms with van der Waals surface area (Å²) in [6.45, 7) is 6.54. The number of likely N-dealkylation sites (tertiary alicyclic amines) is 1. The molecule has 3 aromatic rings. The van der Waals surface area contributed by atoms with Crippen LogP contribution >= 0.6 is 0 Å². The van der Waals surface area contributed by atoms with Crippen molar-refractivity contribution < 1.29 is 4.79 Å². The van der Waals surface area contributed by atoms with E-state index in [-0.39, 0.29) is 24.0 Å². The summed E-state index contributed by atoms with van der Waals surface area (Å²) in [4.78, 5) is 47.9. The standard InChI is InChI=1S/C26H36N6O3/c1-3-5-13-31(23-24(27)32(12-4-2)26(35)29-25(23)34)22(33)17-30-14-10-18(11-15-30)21-16-19-8-6-7-9-20(19)28-21/h6-9,16,18,28H,3-5,10-15,17,27H2,1-2H3,(H,29,34,35). The smallest absolute Gasteiger partial charge is 0.330 e. The van der Waals surface area contributed by atoms with Crippen molar-refractivity contribution in [3.8, 4) is 0 Å². The number of nitrogens with two attached hydrogens (primary N) is 1. The van der Waals surface area contributed by atoms with Crippen molar-refractivity contribution in [1.29, 1.82) is 0 Å². The first-order chi connectivity index (χ1) is 16.9. The Morgan fingerprint density at radius 1 is 1.11 bits per heavy atom. The van der Waals surface area contributed by atoms with E-state index < -0.39 is 11.2 Å². The van der Waals surface area contributed by atoms with Gasteiger partial charge in [0.05, 0.1) is 6.54 Å². The normalized spacial score (nSPS) is 15.0. The molecule has 9 nitrogen and oxygen atoms in total. The van der Waals surface area contributed by atoms with Gasteiger partial charge in [0.25, 0.3) is 5.56 Å². The summed E-state index contributed by atoms with van der Waals surface area (Å²) in [5, 5.41) is 1.22. The average molecular weight is 481 g/mol. The van der Waals surface area contributed by atoms with E-state index in [1.807, 2.05) is 26.0 Å². The van der Waals surface area contributed by atoms with Gasteiger partial charge in [-0.2, -0.15) is 0 Å². The number of carbonyl (C=O) groups is 1. The Labute approximate surface area is 204 Å². The second-order valence-corrected chi connectivity index (χ2v) is 9.41. The number of H-pyrrole nitrogens is 2. The number of amides is 1. The monoisotopic (exact) mass is 480 g/mol. The molecule has 1 amide bonds. The molecule has 1 saturated heterocycles. The number of aromatic nitrogens is 3. The Bertz CT molecular complexity index is 1250. The van der Waals surface area contributed by atoms with Crippen molar-refractivity contribution in [1.82, 2.24) is 19.4 Å². The summed E-state index contributed by atoms with van der Waals surface area (Å²) in [5.41, 5.74) is 7.60. The summed E-state index contributed by atoms with van der Waals surface area (Å²) < 4.78 is 1.34. The number of benzene rings is 1. The van der Waals surface area contributed by atoms with E-state index in [1.165, 1.54) is 20.5 Å². The van der Waals surface area contributed by atoms with E-state index in [0.29, 0.717) is 25.4 Å². The van der Waals surface area contributed by atoms with E-state index in [1.54, 1.807) is 0 Å². The number of hydrogen-bond acceptors (Lipinski definition) is 5. The molecule has 0 spiro atoms. The third-order valence-electron chi connectivity index (χ3n) is 6.90. The van der Waals surface area contributed by atoms with Gasteiger partial charge in [-0.25, -0.2) is 4.79 Å². The molecule has 35 heavy (non-hydrogen) atoms. The first-order valence-electron chi connectivity index (χ1n) is 12.7. The third kappa shape index (κ3) is 5.35. The number of nitrogens with zero attached hydrogens (tertiary/aromatic N) is 3. The van der Waals surface area contributed by atoms with E-state index >= 15 is 0 Å². The Kier molecular flexibility index (Phi) is 7.75. The number of aromatic amines is 2. The second kappa shape index (κ2) is 10.9. The third-order valence-corrected chi connectivity index (χ3v) is 6.90. The molecule has 188 valence electrons. The number of unbranched alkanes of at least 4 members (excludes halogenated alkanes) is 1. The summed E-state index contributed by atoms with van der Waals surface area (Å²) >= 11 is 0. The maximum atomic E-state index is 13.4. The van der Waals surface area contributed by atoms with Gasteiger partial charge in [0.1, 0.15) is 5.82 Å². The van der Waals surface area contributed by atoms with Gasteiger partial charge in [-0.15, -0.1) is 0 Å². The largest absolute Gasteiger partial charge is 0.383 e. The molecule has 3 heterocycles. The fourth-order valence-corrected chi connectivity index (χ4v) is 4.96. The SMILES string of the molecule is CCCCN(C(=O)CN1CCC(c2cc3ccccc3[nH]2)CC1)c1c(N)n(CCC)c(=O)[nH]c1=O. The maximum Gasteiger partial charge on any atom is 0.330 e. The van der Waals surface area contributed by atoms with Crippen molar-refractivity contribution in [2.75, 3.05) is 36.8 Å². The van der Waals surface area contributed by atoms with Gasteiger partial charge in [-0.1, -0.05) is 38.5 Å². The van der Waals surface area contributed by atoms with Crippen molar-refractivity contribution in [3.63, 3.8) is 0 Å². The number of hydrogen-bond donors (Lipinski definition) is 3. The average Bonchev–Trinajstić information content (AvgIpc) is 3.28. The lowest BCUT2D eigenvalue weighted by Crippen LogP contribution is -2.47. The Morgan fingerprint density at radius 2 is 1.86 bits per heavy atom. The second-order valence-electron chi connectivity index (χ2n) is 9.41. The zero-order valence-electron chi connectivity index (χ0n) is 20.7. The Morgan fingerprint density at radius 3 is 2.54 bits per heavy atom. The molecule has 0 saturated carbocycles. The van der Waals surface area contributed by atoms with Gasteiger partial charge >= 0.3 is 5.69 Å². The van der Waals surface area contributed by atoms with Crippen LogP contribution in [0, 0.1) is 0 Å². The number of para-hydroxylation sites is 1. The zero-order valence-corrected chi connectivity index (χ0v) is 20.7. The van der Waals surface area contributed by atoms with Crippen molar-refractivity contribution >= 4 is 28.3 Å². The molecule has 4 N–H and O–H groups in total. The lowest BCUT2D eigenvalue weighted by atomic mass is 9.93. The van der Waals surface area contributed by atoms with Crippen LogP contribution in [-0.4, -0.2) is 51.5 Å². The molecule has 1 aliphatic rings. The van der Waals surface area contributed by atoms with E-state index in [4.69, 9.17) is 5.73 Å². The number of anilines is 2. The molecular weight excluding hydrogens is 444 g/mol. The number of rotatable bonds is 9. The topological polar surface area (TPSA) is 120 Å². The molecule has 9 heteroatoms. The molecule has 0 aliphatic carbocycles. The Hall–Kier alpha value is -3.33. The van der Waals surface area contributed by atoms with E-state index in [9.17, 15) is 14.4 Å². The van der Waals surface area contributed by atoms with Gasteiger partial charge in [0, 0.05) is 30.2 Å². The van der Waals surface area contributed by atoms with Crippen LogP contribution in [0.15, 0.2) is 39.9 Å². The Balaban J connectivity index is 1.47. The highest BCUT2D eigenvalue weighted by molar-refractivity contribution is 5.96. The molecule has 0 atom stereocenters. The van der Waals surface area contributed by atoms with Crippen LogP contribution in [0.4, 0.5) is 11.5 Å². The minimum atomic E-state index is -0.609. The fourth-order valence-electron chi connectivity index (χ4n) is 4.96. The van der Waals surface area contributed by atoms with E-state index in [0.717, 1.165) is 44.3 Å². The summed E-state index contributed by atoms with van der Waals surface area (Å²) in [5.74, 6) is 0.324. The van der Waals surface area contributed by atoms with Gasteiger partial charge < -0.3 is 15.6 Å². The number of carbonyl (C=O) groups excluding carboxylic acids is 1. The first kappa shape index (κ1) is 24.8. The van der Waals surface area contributed by atoms with Crippen LogP contribution in [0.3, 0.4) is 0 Å². The number of nitrogen functional groups attached to an aromatic ring is 1. The lowest BCUT2D eigenvalue weighted by Gasteiger charge is -2.33. The van der Waals surface area contributed by atoms with Crippen LogP contribution < -0.4 is 21.9 Å². The summed E-state index contributed by atoms with van der Waals surface area (Å²) in [7, 11) is 0. The van der Waals surface area contributed by atoms with Crippen molar-refractivity contribution in [2.24, 2.45) is 0 Å². The first-order valence-corrected chi connectivity index (χ1v) is 12.7. The van der Waals surface area contributed by atoms with Crippen LogP contribution in [0.1, 0.15) is 57.6 Å². The van der Waals surface area contributed by atoms with Crippen LogP contribution in [-0.2, 0) is 11.3 Å². The maximum absolute atomic E-state index is 13.4. The van der Waals surface area contributed by atoms with Gasteiger partial charge in [0.2, 0.25) is 5.91 Å². The molecule has 1 fully saturated rings. The zero-order chi connectivity index (χ0) is 24.9. The van der Waals surface area contributed by atoms with Crippen molar-refractivity contribution in [2.45, 2.75) is 58.4 Å². The van der Waals surface area contributed by atoms with Gasteiger partial charge in [-0.05, 0) is 56.3 Å². The molecular formula is C26H36N6O3. The van der Waals surface area contributed by atoms with Crippen LogP contribution in [0.5, 0.6) is 0 Å². The van der Waals surface area contributed by atoms with Gasteiger partial charge in [0.15, 0.2) is 5.69 Å². The van der Waals surface area contributed by atoms with E-state index in [2.05, 4.69) is 33.1 Å². The van der Waals surface area contributed by atoms with Gasteiger partial charge in [-0.3, -0.25) is 24.0 Å². The molecule has 1 aliphatic heterocycles. The molecule has 0 bridgehead atoms. The predicted octanol–water partition coefficient (Wildman–Crippen LogP) is 3.02. The van der Waals surface area contributed by atoms with Crippen molar-refractivity contribution in [3.05, 3.63) is 56.9 Å². The summed E-state index contributed by atoms with van der Waals surface area (Å²) in [6, 6.07) is 10.5. The molecule has 0 unspecified atom stereocenters. The van der Waals surface area contributed by atoms with Crippen LogP contribution in [0.2, 0.25) is 0 Å². The van der Waals surface area contributed by atoms with Crippen LogP contribution in [0.25, 0.3) is 10.9 Å². The molecule has 4 rings (SSSR count). The highest BCUT2D eigenvalue weighted by atomic mass is 16.2. The predicted molar refractivity (Wildman–Crippen MR) is 140 cm³/mol. The molecule has 1 aromatic carbocycles. The number of fused-ring (bicyclic) bond motifs is 1. The minimum absolute atomic E-state index is 0.0579. The lowest BCUT2D eigenvalue weighted by molar-refractivity contribution is -0.120. The molecule has 2 aromatic heterocycles. The quantitative estimate of drug-likeness (QED) is 0.435. The minimum Gasteiger partial charge on any atom is -0.383 e. The fraction of sp³-hybridized carbons (Fsp3) is 0.500. The molecule has 0 radical (unpaired) electrons. The number of nitrogens with one attached hydrogen (secondary N) is 2. The highest BCUT2D eigenvalue weighted by Gasteiger charge is 2.28. The number of piperidine rings is 1. The summed E-state index contributed by atoms with van der Waals surface area (Å²) in [6.07, 6.45) is 4.20.